The van der Waals surface area contributed by atoms with Gasteiger partial charge in [0.05, 0.1) is 11.6 Å². The number of phenols is 1. The number of rotatable bonds is 3. The van der Waals surface area contributed by atoms with Crippen molar-refractivity contribution in [2.75, 3.05) is 0 Å². The molecule has 0 aliphatic carbocycles. The molecule has 0 fully saturated rings. The first-order chi connectivity index (χ1) is 9.61. The number of hydrogen-bond donors (Lipinski definition) is 1. The Hall–Kier alpha value is -2.51. The average Bonchev–Trinajstić information content (AvgIpc) is 2.45. The summed E-state index contributed by atoms with van der Waals surface area (Å²) >= 11 is 5.69. The Labute approximate surface area is 120 Å². The van der Waals surface area contributed by atoms with Gasteiger partial charge in [0.1, 0.15) is 17.9 Å². The Morgan fingerprint density at radius 3 is 2.75 bits per heavy atom. The van der Waals surface area contributed by atoms with Crippen molar-refractivity contribution < 1.29 is 14.6 Å². The van der Waals surface area contributed by atoms with Gasteiger partial charge >= 0.3 is 5.97 Å². The van der Waals surface area contributed by atoms with Crippen molar-refractivity contribution in [3.05, 3.63) is 64.2 Å². The zero-order valence-electron chi connectivity index (χ0n) is 10.3. The maximum absolute atomic E-state index is 11.8. The van der Waals surface area contributed by atoms with Crippen molar-refractivity contribution in [2.24, 2.45) is 0 Å². The predicted octanol–water partition coefficient (Wildman–Crippen LogP) is 3.27. The second kappa shape index (κ2) is 6.09. The number of esters is 1. The first-order valence-electron chi connectivity index (χ1n) is 5.75. The number of carbonyl (C=O) groups excluding carboxylic acids is 1. The van der Waals surface area contributed by atoms with Crippen LogP contribution in [0.3, 0.4) is 0 Å². The molecule has 0 aromatic heterocycles. The molecule has 4 nitrogen and oxygen atoms in total. The molecule has 0 saturated carbocycles. The van der Waals surface area contributed by atoms with Crippen molar-refractivity contribution in [2.45, 2.75) is 6.61 Å². The lowest BCUT2D eigenvalue weighted by Crippen LogP contribution is -2.06. The quantitative estimate of drug-likeness (QED) is 0.880. The summed E-state index contributed by atoms with van der Waals surface area (Å²) in [5.74, 6) is -0.914. The topological polar surface area (TPSA) is 70.3 Å². The molecule has 0 bridgehead atoms. The van der Waals surface area contributed by atoms with E-state index in [-0.39, 0.29) is 17.9 Å². The summed E-state index contributed by atoms with van der Waals surface area (Å²) in [5, 5.41) is 18.9. The highest BCUT2D eigenvalue weighted by Gasteiger charge is 2.13. The van der Waals surface area contributed by atoms with Crippen molar-refractivity contribution in [1.29, 1.82) is 5.26 Å². The third-order valence-corrected chi connectivity index (χ3v) is 2.91. The van der Waals surface area contributed by atoms with Crippen molar-refractivity contribution in [3.8, 4) is 11.8 Å². The summed E-state index contributed by atoms with van der Waals surface area (Å²) in [7, 11) is 0. The summed E-state index contributed by atoms with van der Waals surface area (Å²) in [5.41, 5.74) is 1.08. The molecule has 2 aromatic carbocycles. The fourth-order valence-electron chi connectivity index (χ4n) is 1.65. The van der Waals surface area contributed by atoms with E-state index in [1.807, 2.05) is 6.07 Å². The number of nitrogens with zero attached hydrogens (tertiary/aromatic N) is 1. The van der Waals surface area contributed by atoms with Gasteiger partial charge in [0.25, 0.3) is 0 Å². The average molecular weight is 288 g/mol. The number of phenolic OH excluding ortho intramolecular Hbond substituents is 1. The van der Waals surface area contributed by atoms with Gasteiger partial charge in [-0.25, -0.2) is 4.79 Å². The van der Waals surface area contributed by atoms with Crippen LogP contribution >= 0.6 is 11.6 Å². The third kappa shape index (κ3) is 3.08. The van der Waals surface area contributed by atoms with Crippen molar-refractivity contribution in [3.63, 3.8) is 0 Å². The predicted molar refractivity (Wildman–Crippen MR) is 73.4 cm³/mol. The first kappa shape index (κ1) is 13.9. The molecular formula is C15H10ClNO3. The standard InChI is InChI=1S/C15H10ClNO3/c16-12-5-6-13(14(18)7-12)15(19)20-9-11-4-2-1-3-10(11)8-17/h1-7,18H,9H2. The number of ether oxygens (including phenoxy) is 1. The fourth-order valence-corrected chi connectivity index (χ4v) is 1.82. The number of carbonyl (C=O) groups is 1. The number of aromatic hydroxyl groups is 1. The SMILES string of the molecule is N#Cc1ccccc1COC(=O)c1ccc(Cl)cc1O. The van der Waals surface area contributed by atoms with Gasteiger partial charge in [-0.2, -0.15) is 5.26 Å². The summed E-state index contributed by atoms with van der Waals surface area (Å²) in [4.78, 5) is 11.8. The fraction of sp³-hybridized carbons (Fsp3) is 0.0667. The van der Waals surface area contributed by atoms with E-state index in [4.69, 9.17) is 21.6 Å². The van der Waals surface area contributed by atoms with Gasteiger partial charge in [0.15, 0.2) is 0 Å². The Bertz CT molecular complexity index is 692. The lowest BCUT2D eigenvalue weighted by atomic mass is 10.1. The van der Waals surface area contributed by atoms with Crippen LogP contribution in [0.2, 0.25) is 5.02 Å². The van der Waals surface area contributed by atoms with E-state index in [1.54, 1.807) is 24.3 Å². The van der Waals surface area contributed by atoms with Crippen LogP contribution in [0, 0.1) is 11.3 Å². The number of hydrogen-bond acceptors (Lipinski definition) is 4. The van der Waals surface area contributed by atoms with Crippen molar-refractivity contribution in [1.82, 2.24) is 0 Å². The lowest BCUT2D eigenvalue weighted by molar-refractivity contribution is 0.0469. The molecule has 0 saturated heterocycles. The van der Waals surface area contributed by atoms with Gasteiger partial charge in [-0.1, -0.05) is 29.8 Å². The summed E-state index contributed by atoms with van der Waals surface area (Å²) in [6, 6.07) is 13.0. The monoisotopic (exact) mass is 287 g/mol. The van der Waals surface area contributed by atoms with Gasteiger partial charge in [-0.05, 0) is 24.3 Å². The van der Waals surface area contributed by atoms with E-state index in [0.29, 0.717) is 16.1 Å². The smallest absolute Gasteiger partial charge is 0.342 e. The molecule has 0 spiro atoms. The van der Waals surface area contributed by atoms with Crippen LogP contribution in [0.25, 0.3) is 0 Å². The highest BCUT2D eigenvalue weighted by molar-refractivity contribution is 6.30. The molecule has 5 heteroatoms. The summed E-state index contributed by atoms with van der Waals surface area (Å²) in [6.45, 7) is -0.0371. The highest BCUT2D eigenvalue weighted by atomic mass is 35.5. The normalized spacial score (nSPS) is 9.80. The van der Waals surface area contributed by atoms with Gasteiger partial charge in [-0.3, -0.25) is 0 Å². The van der Waals surface area contributed by atoms with E-state index < -0.39 is 5.97 Å². The van der Waals surface area contributed by atoms with Crippen LogP contribution in [0.15, 0.2) is 42.5 Å². The van der Waals surface area contributed by atoms with Gasteiger partial charge < -0.3 is 9.84 Å². The Kier molecular flexibility index (Phi) is 4.24. The third-order valence-electron chi connectivity index (χ3n) is 2.68. The van der Waals surface area contributed by atoms with Gasteiger partial charge in [0, 0.05) is 10.6 Å². The minimum absolute atomic E-state index is 0.0313. The van der Waals surface area contributed by atoms with E-state index in [9.17, 15) is 9.90 Å². The number of nitriles is 1. The van der Waals surface area contributed by atoms with Crippen LogP contribution in [0.1, 0.15) is 21.5 Å². The Morgan fingerprint density at radius 1 is 1.30 bits per heavy atom. The van der Waals surface area contributed by atoms with E-state index in [1.165, 1.54) is 18.2 Å². The minimum atomic E-state index is -0.674. The molecule has 0 heterocycles. The number of benzene rings is 2. The second-order valence-electron chi connectivity index (χ2n) is 4.01. The van der Waals surface area contributed by atoms with Crippen LogP contribution in [-0.4, -0.2) is 11.1 Å². The molecule has 0 aliphatic heterocycles. The lowest BCUT2D eigenvalue weighted by Gasteiger charge is -2.07. The molecule has 100 valence electrons. The maximum atomic E-state index is 11.8. The molecular weight excluding hydrogens is 278 g/mol. The van der Waals surface area contributed by atoms with Crippen LogP contribution < -0.4 is 0 Å². The van der Waals surface area contributed by atoms with E-state index in [2.05, 4.69) is 0 Å². The summed E-state index contributed by atoms with van der Waals surface area (Å²) in [6.07, 6.45) is 0. The van der Waals surface area contributed by atoms with Crippen LogP contribution in [-0.2, 0) is 11.3 Å². The van der Waals surface area contributed by atoms with Crippen LogP contribution in [0.4, 0.5) is 0 Å². The van der Waals surface area contributed by atoms with Gasteiger partial charge in [-0.15, -0.1) is 0 Å². The Balaban J connectivity index is 2.11. The second-order valence-corrected chi connectivity index (χ2v) is 4.44. The molecule has 0 amide bonds. The molecule has 0 radical (unpaired) electrons. The van der Waals surface area contributed by atoms with E-state index in [0.717, 1.165) is 0 Å². The van der Waals surface area contributed by atoms with E-state index >= 15 is 0 Å². The molecule has 20 heavy (non-hydrogen) atoms. The molecule has 2 aromatic rings. The molecule has 1 N–H and O–H groups in total. The molecule has 0 aliphatic rings. The van der Waals surface area contributed by atoms with Crippen molar-refractivity contribution >= 4 is 17.6 Å². The van der Waals surface area contributed by atoms with Gasteiger partial charge in [0.2, 0.25) is 0 Å². The molecule has 2 rings (SSSR count). The molecule has 0 atom stereocenters. The maximum Gasteiger partial charge on any atom is 0.342 e. The molecule has 0 unspecified atom stereocenters. The van der Waals surface area contributed by atoms with Crippen LogP contribution in [0.5, 0.6) is 5.75 Å². The number of halogens is 1. The highest BCUT2D eigenvalue weighted by Crippen LogP contribution is 2.23. The minimum Gasteiger partial charge on any atom is -0.507 e. The first-order valence-corrected chi connectivity index (χ1v) is 6.13. The zero-order valence-corrected chi connectivity index (χ0v) is 11.1. The summed E-state index contributed by atoms with van der Waals surface area (Å²) < 4.78 is 5.08. The zero-order chi connectivity index (χ0) is 14.5. The Morgan fingerprint density at radius 2 is 2.05 bits per heavy atom. The largest absolute Gasteiger partial charge is 0.507 e.